The molecule has 138 valence electrons. The quantitative estimate of drug-likeness (QED) is 0.754. The van der Waals surface area contributed by atoms with E-state index >= 15 is 0 Å². The highest BCUT2D eigenvalue weighted by atomic mass is 19.4. The van der Waals surface area contributed by atoms with Crippen LogP contribution in [0.15, 0.2) is 42.5 Å². The maximum atomic E-state index is 13.8. The van der Waals surface area contributed by atoms with E-state index in [9.17, 15) is 26.7 Å². The Hall–Kier alpha value is -2.44. The van der Waals surface area contributed by atoms with Crippen molar-refractivity contribution < 1.29 is 26.7 Å². The highest BCUT2D eigenvalue weighted by Gasteiger charge is 2.39. The first-order valence-electron chi connectivity index (χ1n) is 8.20. The molecule has 3 rings (SSSR count). The Morgan fingerprint density at radius 2 is 1.62 bits per heavy atom. The molecule has 0 aliphatic heterocycles. The average molecular weight is 369 g/mol. The van der Waals surface area contributed by atoms with E-state index in [-0.39, 0.29) is 5.56 Å². The highest BCUT2D eigenvalue weighted by molar-refractivity contribution is 5.95. The predicted octanol–water partition coefficient (Wildman–Crippen LogP) is 5.05. The normalized spacial score (nSPS) is 20.2. The van der Waals surface area contributed by atoms with Crippen LogP contribution in [-0.2, 0) is 6.18 Å². The summed E-state index contributed by atoms with van der Waals surface area (Å²) in [6.45, 7) is 0. The van der Waals surface area contributed by atoms with Gasteiger partial charge in [-0.25, -0.2) is 8.78 Å². The van der Waals surface area contributed by atoms with E-state index in [1.807, 2.05) is 0 Å². The summed E-state index contributed by atoms with van der Waals surface area (Å²) in [5, 5.41) is 2.52. The van der Waals surface area contributed by atoms with Crippen LogP contribution >= 0.6 is 0 Å². The molecule has 0 heterocycles. The van der Waals surface area contributed by atoms with Crippen LogP contribution in [-0.4, -0.2) is 11.9 Å². The molecule has 1 aliphatic carbocycles. The number of benzene rings is 2. The molecule has 0 spiro atoms. The summed E-state index contributed by atoms with van der Waals surface area (Å²) in [6.07, 6.45) is -3.00. The molecule has 0 bridgehead atoms. The van der Waals surface area contributed by atoms with Crippen LogP contribution < -0.4 is 5.32 Å². The lowest BCUT2D eigenvalue weighted by molar-refractivity contribution is -0.138. The van der Waals surface area contributed by atoms with Gasteiger partial charge < -0.3 is 5.32 Å². The summed E-state index contributed by atoms with van der Waals surface area (Å²) in [4.78, 5) is 12.3. The highest BCUT2D eigenvalue weighted by Crippen LogP contribution is 2.41. The van der Waals surface area contributed by atoms with Crippen LogP contribution in [0.4, 0.5) is 22.0 Å². The summed E-state index contributed by atoms with van der Waals surface area (Å²) in [7, 11) is 0. The van der Waals surface area contributed by atoms with Crippen molar-refractivity contribution in [2.75, 3.05) is 0 Å². The van der Waals surface area contributed by atoms with Crippen molar-refractivity contribution in [1.29, 1.82) is 0 Å². The first-order chi connectivity index (χ1) is 12.3. The summed E-state index contributed by atoms with van der Waals surface area (Å²) in [5.41, 5.74) is -1.37. The topological polar surface area (TPSA) is 29.1 Å². The smallest absolute Gasteiger partial charge is 0.349 e. The second kappa shape index (κ2) is 7.05. The molecule has 0 aromatic heterocycles. The fraction of sp³-hybridized carbons (Fsp3) is 0.316. The van der Waals surface area contributed by atoms with Crippen molar-refractivity contribution >= 4 is 5.91 Å². The van der Waals surface area contributed by atoms with Gasteiger partial charge in [-0.1, -0.05) is 30.7 Å². The summed E-state index contributed by atoms with van der Waals surface area (Å²) in [6, 6.07) is 7.66. The van der Waals surface area contributed by atoms with E-state index in [2.05, 4.69) is 5.32 Å². The van der Waals surface area contributed by atoms with Crippen molar-refractivity contribution in [2.24, 2.45) is 0 Å². The first kappa shape index (κ1) is 18.4. The minimum absolute atomic E-state index is 0.0943. The number of hydrogen-bond donors (Lipinski definition) is 1. The fourth-order valence-electron chi connectivity index (χ4n) is 3.54. The van der Waals surface area contributed by atoms with Gasteiger partial charge in [-0.2, -0.15) is 13.2 Å². The predicted molar refractivity (Wildman–Crippen MR) is 85.6 cm³/mol. The lowest BCUT2D eigenvalue weighted by Gasteiger charge is -2.24. The van der Waals surface area contributed by atoms with E-state index < -0.39 is 46.8 Å². The zero-order chi connectivity index (χ0) is 18.9. The molecular weight excluding hydrogens is 353 g/mol. The maximum absolute atomic E-state index is 13.8. The Morgan fingerprint density at radius 3 is 2.27 bits per heavy atom. The van der Waals surface area contributed by atoms with Crippen LogP contribution in [0.1, 0.15) is 46.7 Å². The monoisotopic (exact) mass is 369 g/mol. The Kier molecular flexibility index (Phi) is 4.98. The largest absolute Gasteiger partial charge is 0.416 e. The van der Waals surface area contributed by atoms with Crippen molar-refractivity contribution in [3.05, 3.63) is 70.8 Å². The third-order valence-corrected chi connectivity index (χ3v) is 4.69. The molecule has 1 aliphatic rings. The SMILES string of the molecule is O=C(N[C@@H]1CCC[C@H]1c1ccccc1C(F)(F)F)c1c(F)cccc1F. The summed E-state index contributed by atoms with van der Waals surface area (Å²) in [5.74, 6) is -3.53. The lowest BCUT2D eigenvalue weighted by atomic mass is 9.89. The van der Waals surface area contributed by atoms with E-state index in [0.29, 0.717) is 19.3 Å². The first-order valence-corrected chi connectivity index (χ1v) is 8.20. The molecule has 1 N–H and O–H groups in total. The molecule has 26 heavy (non-hydrogen) atoms. The Bertz CT molecular complexity index is 798. The molecule has 0 unspecified atom stereocenters. The van der Waals surface area contributed by atoms with Gasteiger partial charge >= 0.3 is 6.18 Å². The number of hydrogen-bond acceptors (Lipinski definition) is 1. The summed E-state index contributed by atoms with van der Waals surface area (Å²) >= 11 is 0. The third-order valence-electron chi connectivity index (χ3n) is 4.69. The van der Waals surface area contributed by atoms with Crippen LogP contribution in [0.25, 0.3) is 0 Å². The average Bonchev–Trinajstić information content (AvgIpc) is 3.02. The maximum Gasteiger partial charge on any atom is 0.416 e. The third kappa shape index (κ3) is 3.57. The van der Waals surface area contributed by atoms with Crippen molar-refractivity contribution in [3.63, 3.8) is 0 Å². The van der Waals surface area contributed by atoms with Gasteiger partial charge in [0.2, 0.25) is 0 Å². The van der Waals surface area contributed by atoms with Gasteiger partial charge in [0, 0.05) is 12.0 Å². The number of amides is 1. The zero-order valence-corrected chi connectivity index (χ0v) is 13.6. The van der Waals surface area contributed by atoms with Crippen molar-refractivity contribution in [2.45, 2.75) is 37.4 Å². The van der Waals surface area contributed by atoms with Crippen LogP contribution in [0.5, 0.6) is 0 Å². The number of halogens is 5. The molecule has 1 saturated carbocycles. The fourth-order valence-corrected chi connectivity index (χ4v) is 3.54. The molecular formula is C19H16F5NO. The number of carbonyl (C=O) groups excluding carboxylic acids is 1. The van der Waals surface area contributed by atoms with Crippen molar-refractivity contribution in [1.82, 2.24) is 5.32 Å². The molecule has 2 aromatic carbocycles. The number of nitrogens with one attached hydrogen (secondary N) is 1. The standard InChI is InChI=1S/C19H16F5NO/c20-14-8-4-9-15(21)17(14)18(26)25-16-10-3-6-12(16)11-5-1-2-7-13(11)19(22,23)24/h1-2,4-5,7-9,12,16H,3,6,10H2,(H,25,26)/t12-,16+/m0/s1. The van der Waals surface area contributed by atoms with E-state index in [4.69, 9.17) is 0 Å². The molecule has 0 saturated heterocycles. The molecule has 0 radical (unpaired) electrons. The van der Waals surface area contributed by atoms with Crippen molar-refractivity contribution in [3.8, 4) is 0 Å². The number of alkyl halides is 3. The van der Waals surface area contributed by atoms with Crippen LogP contribution in [0.3, 0.4) is 0 Å². The van der Waals surface area contributed by atoms with Crippen LogP contribution in [0, 0.1) is 11.6 Å². The van der Waals surface area contributed by atoms with E-state index in [0.717, 1.165) is 24.3 Å². The molecule has 2 nitrogen and oxygen atoms in total. The van der Waals surface area contributed by atoms with Gasteiger partial charge in [0.05, 0.1) is 5.56 Å². The second-order valence-electron chi connectivity index (χ2n) is 6.30. The second-order valence-corrected chi connectivity index (χ2v) is 6.30. The van der Waals surface area contributed by atoms with E-state index in [1.54, 1.807) is 0 Å². The van der Waals surface area contributed by atoms with Gasteiger partial charge in [-0.15, -0.1) is 0 Å². The van der Waals surface area contributed by atoms with E-state index in [1.165, 1.54) is 18.2 Å². The molecule has 1 fully saturated rings. The van der Waals surface area contributed by atoms with Gasteiger partial charge in [0.15, 0.2) is 0 Å². The molecule has 1 amide bonds. The van der Waals surface area contributed by atoms with Gasteiger partial charge in [0.25, 0.3) is 5.91 Å². The lowest BCUT2D eigenvalue weighted by Crippen LogP contribution is -2.37. The summed E-state index contributed by atoms with van der Waals surface area (Å²) < 4.78 is 67.4. The number of carbonyl (C=O) groups is 1. The van der Waals surface area contributed by atoms with Gasteiger partial charge in [0.1, 0.15) is 17.2 Å². The van der Waals surface area contributed by atoms with Crippen LogP contribution in [0.2, 0.25) is 0 Å². The molecule has 2 atom stereocenters. The van der Waals surface area contributed by atoms with Gasteiger partial charge in [-0.3, -0.25) is 4.79 Å². The Morgan fingerprint density at radius 1 is 0.962 bits per heavy atom. The Labute approximate surface area is 147 Å². The molecule has 2 aromatic rings. The number of rotatable bonds is 3. The van der Waals surface area contributed by atoms with Gasteiger partial charge in [-0.05, 0) is 36.6 Å². The minimum atomic E-state index is -4.51. The Balaban J connectivity index is 1.87. The minimum Gasteiger partial charge on any atom is -0.349 e. The zero-order valence-electron chi connectivity index (χ0n) is 13.6. The molecule has 7 heteroatoms.